The minimum absolute atomic E-state index is 0.0415. The molecule has 6 aliphatic rings. The monoisotopic (exact) mass is 1240 g/mol. The normalized spacial score (nSPS) is 27.9. The molecule has 2 heterocycles. The number of aliphatic hydroxyl groups is 2. The van der Waals surface area contributed by atoms with Gasteiger partial charge in [0.1, 0.15) is 21.8 Å². The predicted octanol–water partition coefficient (Wildman–Crippen LogP) is 9.34. The zero-order chi connectivity index (χ0) is 63.1. The Morgan fingerprint density at radius 2 is 1.59 bits per heavy atom. The molecule has 2 unspecified atom stereocenters. The summed E-state index contributed by atoms with van der Waals surface area (Å²) in [7, 11) is 1.63. The lowest BCUT2D eigenvalue weighted by molar-refractivity contribution is -0.175. The quantitative estimate of drug-likeness (QED) is 0.0392. The number of aliphatic imine (C=N–C) groups is 1. The molecule has 2 aromatic rings. The number of allylic oxidation sites excluding steroid dienone is 4. The largest absolute Gasteiger partial charge is 0.480 e. The molecule has 8 rings (SSSR count). The number of aliphatic carboxylic acids is 1. The van der Waals surface area contributed by atoms with Gasteiger partial charge in [0.15, 0.2) is 11.6 Å². The number of nitrogens with one attached hydrogen (secondary N) is 2. The maximum atomic E-state index is 13.9. The van der Waals surface area contributed by atoms with Crippen LogP contribution >= 0.6 is 23.1 Å². The highest BCUT2D eigenvalue weighted by molar-refractivity contribution is 8.15. The summed E-state index contributed by atoms with van der Waals surface area (Å²) in [6.45, 7) is 18.7. The SMILES string of the molecule is CC1=C(C)C(=O)C(C(C)(C)CC(=O)N(C)CCN(CCOCCOCCC(=O)NCCCCC(NC(=O)CC[C@@H](C)[C@H]2CC[C@H]3[C@@H]4CC[C@@H]5C[C@H](O)CC[C@]5(C)[C@H]4C[C@H](O)[C@]23C)C(=O)O)C(=O)Oc2ccc3nc(C4=NC(C)CS4)sc3c2)=C(C)C1=O. The third-order valence-corrected chi connectivity index (χ3v) is 23.3. The maximum Gasteiger partial charge on any atom is 0.415 e. The van der Waals surface area contributed by atoms with E-state index in [4.69, 9.17) is 19.2 Å². The molecular weight excluding hydrogens is 1150 g/mol. The van der Waals surface area contributed by atoms with Gasteiger partial charge in [-0.05, 0) is 163 Å². The summed E-state index contributed by atoms with van der Waals surface area (Å²) < 4.78 is 18.3. The molecule has 1 aliphatic heterocycles. The van der Waals surface area contributed by atoms with Gasteiger partial charge in [-0.15, -0.1) is 23.1 Å². The number of amides is 4. The number of thiazole rings is 1. The third kappa shape index (κ3) is 15.8. The van der Waals surface area contributed by atoms with Gasteiger partial charge >= 0.3 is 12.1 Å². The van der Waals surface area contributed by atoms with Crippen molar-refractivity contribution in [2.75, 3.05) is 65.4 Å². The van der Waals surface area contributed by atoms with Crippen LogP contribution in [0.3, 0.4) is 0 Å². The fraction of sp³-hybridized carbons (Fsp3) is 0.712. The van der Waals surface area contributed by atoms with E-state index >= 15 is 0 Å². The van der Waals surface area contributed by atoms with Crippen molar-refractivity contribution in [1.29, 1.82) is 0 Å². The van der Waals surface area contributed by atoms with Gasteiger partial charge in [0.25, 0.3) is 0 Å². The minimum atomic E-state index is -1.09. The number of carboxylic acid groups (broad SMARTS) is 1. The lowest BCUT2D eigenvalue weighted by Gasteiger charge is -2.62. The first-order chi connectivity index (χ1) is 41.2. The van der Waals surface area contributed by atoms with Crippen LogP contribution in [-0.4, -0.2) is 166 Å². The highest BCUT2D eigenvalue weighted by Crippen LogP contribution is 2.68. The van der Waals surface area contributed by atoms with E-state index in [-0.39, 0.29) is 136 Å². The van der Waals surface area contributed by atoms with Crippen molar-refractivity contribution < 1.29 is 63.1 Å². The molecule has 21 heteroatoms. The van der Waals surface area contributed by atoms with E-state index in [9.17, 15) is 48.9 Å². The molecule has 1 aromatic carbocycles. The van der Waals surface area contributed by atoms with Gasteiger partial charge in [-0.1, -0.05) is 34.6 Å². The third-order valence-electron chi connectivity index (χ3n) is 20.9. The van der Waals surface area contributed by atoms with Gasteiger partial charge in [-0.25, -0.2) is 14.6 Å². The number of hydrogen-bond acceptors (Lipinski definition) is 16. The number of aromatic nitrogens is 1. The highest BCUT2D eigenvalue weighted by Gasteiger charge is 2.64. The zero-order valence-corrected chi connectivity index (χ0v) is 54.6. The predicted molar refractivity (Wildman–Crippen MR) is 336 cm³/mol. The number of thioether (sulfide) groups is 1. The van der Waals surface area contributed by atoms with E-state index in [0.29, 0.717) is 77.5 Å². The fourth-order valence-electron chi connectivity index (χ4n) is 15.7. The smallest absolute Gasteiger partial charge is 0.415 e. The molecule has 4 fully saturated rings. The number of rotatable bonds is 28. The molecule has 0 bridgehead atoms. The number of carboxylic acids is 1. The lowest BCUT2D eigenvalue weighted by Crippen LogP contribution is -2.58. The number of Topliss-reactive ketones (excluding diaryl/α,β-unsaturated/α-hetero) is 2. The number of carbonyl (C=O) groups excluding carboxylic acids is 6. The van der Waals surface area contributed by atoms with Gasteiger partial charge in [-0.3, -0.25) is 29.0 Å². The van der Waals surface area contributed by atoms with Crippen LogP contribution in [0.5, 0.6) is 5.75 Å². The molecule has 87 heavy (non-hydrogen) atoms. The second kappa shape index (κ2) is 29.3. The Labute approximate surface area is 522 Å². The first-order valence-electron chi connectivity index (χ1n) is 31.8. The minimum Gasteiger partial charge on any atom is -0.480 e. The van der Waals surface area contributed by atoms with Crippen LogP contribution < -0.4 is 15.4 Å². The fourth-order valence-corrected chi connectivity index (χ4v) is 17.8. The Morgan fingerprint density at radius 1 is 0.851 bits per heavy atom. The number of ether oxygens (including phenoxy) is 3. The standard InChI is InChI=1S/C66H96N6O13S2/c1-38(47-18-19-48-46-17-15-43-33-44(73)22-24-65(43,8)49(46)35-53(74)66(47,48)9)14-21-55(76)69-51(62(80)81)13-11-12-25-67-54(75)23-29-83-31-32-84-30-28-72(63(82)85-45-16-20-50-52(34-45)87-61(70-50)60-68-39(2)37-86-60)27-26-71(10)56(77)36-64(6,7)57-42(5)58(78)40(3)41(4)59(57)79/h16,20,34,38-39,43-44,46-49,51,53,73-74H,11-15,17-19,21-33,35-37H2,1-10H3,(H,67,75)(H,69,76)(H,80,81)/t38-,39?,43-,44-,46+,47-,48+,49+,51?,53+,65+,66-/m1/s1. The van der Waals surface area contributed by atoms with Crippen LogP contribution in [0.4, 0.5) is 4.79 Å². The van der Waals surface area contributed by atoms with Crippen molar-refractivity contribution in [1.82, 2.24) is 25.4 Å². The average molecular weight is 1250 g/mol. The van der Waals surface area contributed by atoms with E-state index < -0.39 is 29.6 Å². The van der Waals surface area contributed by atoms with Crippen molar-refractivity contribution >= 4 is 79.7 Å². The van der Waals surface area contributed by atoms with Gasteiger partial charge in [-0.2, -0.15) is 0 Å². The van der Waals surface area contributed by atoms with Gasteiger partial charge in [0.2, 0.25) is 17.7 Å². The number of likely N-dealkylation sites (N-methyl/N-ethyl adjacent to an activating group) is 1. The van der Waals surface area contributed by atoms with Gasteiger partial charge < -0.3 is 50.0 Å². The number of hydrogen-bond donors (Lipinski definition) is 5. The summed E-state index contributed by atoms with van der Waals surface area (Å²) >= 11 is 3.14. The summed E-state index contributed by atoms with van der Waals surface area (Å²) in [5.41, 5.74) is 1.24. The Kier molecular flexibility index (Phi) is 22.8. The number of fused-ring (bicyclic) bond motifs is 6. The van der Waals surface area contributed by atoms with Crippen molar-refractivity contribution in [2.45, 2.75) is 183 Å². The second-order valence-electron chi connectivity index (χ2n) is 27.1. The zero-order valence-electron chi connectivity index (χ0n) is 53.0. The summed E-state index contributed by atoms with van der Waals surface area (Å²) in [5, 5.41) is 39.7. The Morgan fingerprint density at radius 3 is 2.31 bits per heavy atom. The van der Waals surface area contributed by atoms with Crippen LogP contribution in [0.2, 0.25) is 0 Å². The van der Waals surface area contributed by atoms with Gasteiger partial charge in [0.05, 0.1) is 54.9 Å². The van der Waals surface area contributed by atoms with Crippen LogP contribution in [0.15, 0.2) is 45.5 Å². The van der Waals surface area contributed by atoms with Crippen LogP contribution in [0, 0.1) is 51.8 Å². The maximum absolute atomic E-state index is 13.9. The van der Waals surface area contributed by atoms with Crippen molar-refractivity contribution in [3.8, 4) is 5.75 Å². The number of benzene rings is 1. The Bertz CT molecular complexity index is 2980. The van der Waals surface area contributed by atoms with Gasteiger partial charge in [0, 0.05) is 92.0 Å². The van der Waals surface area contributed by atoms with Crippen LogP contribution in [0.1, 0.15) is 164 Å². The summed E-state index contributed by atoms with van der Waals surface area (Å²) in [4.78, 5) is 104. The van der Waals surface area contributed by atoms with Crippen molar-refractivity contribution in [2.24, 2.45) is 56.7 Å². The second-order valence-corrected chi connectivity index (χ2v) is 29.1. The van der Waals surface area contributed by atoms with Crippen molar-refractivity contribution in [3.63, 3.8) is 0 Å². The molecule has 12 atom stereocenters. The molecule has 4 saturated carbocycles. The molecule has 0 spiro atoms. The molecule has 19 nitrogen and oxygen atoms in total. The van der Waals surface area contributed by atoms with Crippen LogP contribution in [0.25, 0.3) is 10.2 Å². The summed E-state index contributed by atoms with van der Waals surface area (Å²) in [5.74, 6) is 1.40. The number of unbranched alkanes of at least 4 members (excludes halogenated alkanes) is 1. The number of carbonyl (C=O) groups is 7. The highest BCUT2D eigenvalue weighted by atomic mass is 32.2. The van der Waals surface area contributed by atoms with E-state index in [1.165, 1.54) is 21.1 Å². The Hall–Kier alpha value is -5.06. The molecule has 480 valence electrons. The lowest BCUT2D eigenvalue weighted by atomic mass is 9.43. The van der Waals surface area contributed by atoms with E-state index in [0.717, 1.165) is 77.4 Å². The number of ketones is 2. The molecule has 0 saturated heterocycles. The number of aliphatic hydroxyl groups excluding tert-OH is 2. The molecule has 0 radical (unpaired) electrons. The number of nitrogens with zero attached hydrogens (tertiary/aromatic N) is 4. The van der Waals surface area contributed by atoms with Crippen molar-refractivity contribution in [3.05, 3.63) is 45.5 Å². The average Bonchev–Trinajstić information content (AvgIpc) is 1.71. The molecule has 5 N–H and O–H groups in total. The molecule has 5 aliphatic carbocycles. The summed E-state index contributed by atoms with van der Waals surface area (Å²) in [6, 6.07) is 4.44. The van der Waals surface area contributed by atoms with E-state index in [1.54, 1.807) is 71.6 Å². The first kappa shape index (κ1) is 67.9. The van der Waals surface area contributed by atoms with Crippen LogP contribution in [-0.2, 0) is 38.2 Å². The Balaban J connectivity index is 0.723. The van der Waals surface area contributed by atoms with E-state index in [1.807, 2.05) is 0 Å². The topological polar surface area (TPSA) is 264 Å². The molecule has 4 amide bonds. The first-order valence-corrected chi connectivity index (χ1v) is 33.6. The van der Waals surface area contributed by atoms with E-state index in [2.05, 4.69) is 43.3 Å². The molecule has 1 aromatic heterocycles. The summed E-state index contributed by atoms with van der Waals surface area (Å²) in [6.07, 6.45) is 8.87. The molecular formula is C66H96N6O13S2.